The molecule has 1 aromatic carbocycles. The molecule has 0 unspecified atom stereocenters. The molecule has 0 bridgehead atoms. The lowest BCUT2D eigenvalue weighted by atomic mass is 10.2. The minimum atomic E-state index is -0.163. The highest BCUT2D eigenvalue weighted by Gasteiger charge is 2.07. The number of hydrogen-bond donors (Lipinski definition) is 1. The van der Waals surface area contributed by atoms with Crippen molar-refractivity contribution in [3.8, 4) is 5.69 Å². The molecule has 6 nitrogen and oxygen atoms in total. The van der Waals surface area contributed by atoms with E-state index in [1.54, 1.807) is 26.0 Å². The molecule has 6 heteroatoms. The molecule has 1 amide bonds. The molecule has 0 spiro atoms. The Kier molecular flexibility index (Phi) is 4.79. The fourth-order valence-corrected chi connectivity index (χ4v) is 2.52. The van der Waals surface area contributed by atoms with E-state index in [9.17, 15) is 9.59 Å². The summed E-state index contributed by atoms with van der Waals surface area (Å²) in [6, 6.07) is 11.3. The van der Waals surface area contributed by atoms with Crippen molar-refractivity contribution in [2.24, 2.45) is 0 Å². The lowest BCUT2D eigenvalue weighted by Gasteiger charge is -2.09. The predicted octanol–water partition coefficient (Wildman–Crippen LogP) is 2.08. The summed E-state index contributed by atoms with van der Waals surface area (Å²) in [4.78, 5) is 28.5. The van der Waals surface area contributed by atoms with Crippen LogP contribution in [0.2, 0.25) is 0 Å². The van der Waals surface area contributed by atoms with Crippen LogP contribution in [0.3, 0.4) is 0 Å². The molecule has 0 aliphatic carbocycles. The van der Waals surface area contributed by atoms with E-state index in [0.29, 0.717) is 24.2 Å². The zero-order valence-corrected chi connectivity index (χ0v) is 14.3. The maximum Gasteiger partial charge on any atom is 0.256 e. The normalized spacial score (nSPS) is 10.6. The molecule has 0 atom stereocenters. The minimum Gasteiger partial charge on any atom is -0.350 e. The molecule has 0 aliphatic heterocycles. The van der Waals surface area contributed by atoms with Crippen LogP contribution in [0.15, 0.2) is 59.9 Å². The van der Waals surface area contributed by atoms with Crippen LogP contribution >= 0.6 is 0 Å². The average molecular weight is 336 g/mol. The molecule has 25 heavy (non-hydrogen) atoms. The molecule has 0 radical (unpaired) electrons. The van der Waals surface area contributed by atoms with Crippen molar-refractivity contribution in [3.63, 3.8) is 0 Å². The highest BCUT2D eigenvalue weighted by molar-refractivity contribution is 5.94. The van der Waals surface area contributed by atoms with E-state index in [2.05, 4.69) is 10.3 Å². The third-order valence-corrected chi connectivity index (χ3v) is 4.19. The second-order valence-electron chi connectivity index (χ2n) is 5.85. The summed E-state index contributed by atoms with van der Waals surface area (Å²) in [5.41, 5.74) is 2.87. The third kappa shape index (κ3) is 3.68. The summed E-state index contributed by atoms with van der Waals surface area (Å²) in [6.07, 6.45) is 5.41. The van der Waals surface area contributed by atoms with E-state index in [-0.39, 0.29) is 11.5 Å². The average Bonchev–Trinajstić information content (AvgIpc) is 3.16. The molecule has 3 aromatic rings. The molecule has 0 saturated heterocycles. The van der Waals surface area contributed by atoms with Gasteiger partial charge in [0.05, 0.1) is 6.33 Å². The zero-order chi connectivity index (χ0) is 17.8. The van der Waals surface area contributed by atoms with Crippen molar-refractivity contribution < 1.29 is 4.79 Å². The Bertz CT molecular complexity index is 925. The van der Waals surface area contributed by atoms with Crippen molar-refractivity contribution in [2.45, 2.75) is 20.4 Å². The van der Waals surface area contributed by atoms with E-state index < -0.39 is 0 Å². The molecule has 3 rings (SSSR count). The smallest absolute Gasteiger partial charge is 0.256 e. The van der Waals surface area contributed by atoms with Gasteiger partial charge in [0, 0.05) is 48.0 Å². The largest absolute Gasteiger partial charge is 0.350 e. The van der Waals surface area contributed by atoms with Gasteiger partial charge in [0.15, 0.2) is 0 Å². The molecule has 2 aromatic heterocycles. The fourth-order valence-electron chi connectivity index (χ4n) is 2.52. The predicted molar refractivity (Wildman–Crippen MR) is 96.1 cm³/mol. The van der Waals surface area contributed by atoms with Crippen molar-refractivity contribution in [2.75, 3.05) is 6.54 Å². The number of nitrogens with one attached hydrogen (secondary N) is 1. The molecule has 2 heterocycles. The topological polar surface area (TPSA) is 68.9 Å². The van der Waals surface area contributed by atoms with Gasteiger partial charge in [-0.1, -0.05) is 0 Å². The first-order chi connectivity index (χ1) is 12.1. The molecule has 1 N–H and O–H groups in total. The number of aryl methyl sites for hydroxylation is 1. The van der Waals surface area contributed by atoms with Gasteiger partial charge < -0.3 is 9.88 Å². The van der Waals surface area contributed by atoms with Gasteiger partial charge >= 0.3 is 0 Å². The monoisotopic (exact) mass is 336 g/mol. The van der Waals surface area contributed by atoms with Gasteiger partial charge in [-0.3, -0.25) is 14.2 Å². The van der Waals surface area contributed by atoms with Crippen molar-refractivity contribution in [3.05, 3.63) is 82.3 Å². The summed E-state index contributed by atoms with van der Waals surface area (Å²) >= 11 is 0. The Balaban J connectivity index is 1.60. The number of rotatable bonds is 5. The number of hydrogen-bond acceptors (Lipinski definition) is 3. The van der Waals surface area contributed by atoms with Crippen LogP contribution in [-0.2, 0) is 6.54 Å². The van der Waals surface area contributed by atoms with E-state index in [4.69, 9.17) is 0 Å². The summed E-state index contributed by atoms with van der Waals surface area (Å²) in [5.74, 6) is -0.163. The van der Waals surface area contributed by atoms with Crippen molar-refractivity contribution in [1.29, 1.82) is 0 Å². The maximum atomic E-state index is 12.2. The first-order valence-corrected chi connectivity index (χ1v) is 8.10. The summed E-state index contributed by atoms with van der Waals surface area (Å²) in [5, 5.41) is 2.83. The molecular weight excluding hydrogens is 316 g/mol. The molecule has 0 fully saturated rings. The highest BCUT2D eigenvalue weighted by atomic mass is 16.1. The fraction of sp³-hybridized carbons (Fsp3) is 0.211. The van der Waals surface area contributed by atoms with Gasteiger partial charge in [0.1, 0.15) is 0 Å². The van der Waals surface area contributed by atoms with Crippen LogP contribution in [0.5, 0.6) is 0 Å². The van der Waals surface area contributed by atoms with Gasteiger partial charge in [-0.05, 0) is 50.2 Å². The van der Waals surface area contributed by atoms with Crippen LogP contribution < -0.4 is 10.9 Å². The number of carbonyl (C=O) groups excluding carboxylic acids is 1. The number of amides is 1. The lowest BCUT2D eigenvalue weighted by Crippen LogP contribution is -2.32. The SMILES string of the molecule is Cc1ncn(CCNC(=O)c2ccc(-n3cccc3)cc2)c(=O)c1C. The van der Waals surface area contributed by atoms with Crippen LogP contribution in [0.25, 0.3) is 5.69 Å². The number of benzene rings is 1. The second kappa shape index (κ2) is 7.17. The number of nitrogens with zero attached hydrogens (tertiary/aromatic N) is 3. The standard InChI is InChI=1S/C19H20N4O2/c1-14-15(2)21-13-23(19(14)25)12-9-20-18(24)16-5-7-17(8-6-16)22-10-3-4-11-22/h3-8,10-11,13H,9,12H2,1-2H3,(H,20,24). The van der Waals surface area contributed by atoms with Crippen LogP contribution in [0, 0.1) is 13.8 Å². The van der Waals surface area contributed by atoms with Crippen LogP contribution in [0.1, 0.15) is 21.6 Å². The summed E-state index contributed by atoms with van der Waals surface area (Å²) in [6.45, 7) is 4.31. The van der Waals surface area contributed by atoms with Gasteiger partial charge in [-0.25, -0.2) is 4.98 Å². The second-order valence-corrected chi connectivity index (χ2v) is 5.85. The van der Waals surface area contributed by atoms with Crippen LogP contribution in [0.4, 0.5) is 0 Å². The molecule has 0 saturated carbocycles. The molecule has 0 aliphatic rings. The van der Waals surface area contributed by atoms with Gasteiger partial charge in [0.2, 0.25) is 0 Å². The van der Waals surface area contributed by atoms with Gasteiger partial charge in [-0.15, -0.1) is 0 Å². The highest BCUT2D eigenvalue weighted by Crippen LogP contribution is 2.10. The Hall–Kier alpha value is -3.15. The Morgan fingerprint density at radius 3 is 2.48 bits per heavy atom. The van der Waals surface area contributed by atoms with Gasteiger partial charge in [0.25, 0.3) is 11.5 Å². The summed E-state index contributed by atoms with van der Waals surface area (Å²) < 4.78 is 3.48. The van der Waals surface area contributed by atoms with E-state index in [0.717, 1.165) is 11.4 Å². The third-order valence-electron chi connectivity index (χ3n) is 4.19. The first-order valence-electron chi connectivity index (χ1n) is 8.10. The number of carbonyl (C=O) groups is 1. The molecular formula is C19H20N4O2. The Labute approximate surface area is 145 Å². The maximum absolute atomic E-state index is 12.2. The first kappa shape index (κ1) is 16.7. The lowest BCUT2D eigenvalue weighted by molar-refractivity contribution is 0.0952. The molecule has 128 valence electrons. The van der Waals surface area contributed by atoms with Crippen molar-refractivity contribution >= 4 is 5.91 Å². The number of aromatic nitrogens is 3. The van der Waals surface area contributed by atoms with Crippen LogP contribution in [-0.4, -0.2) is 26.6 Å². The van der Waals surface area contributed by atoms with E-state index in [1.807, 2.05) is 41.2 Å². The van der Waals surface area contributed by atoms with E-state index in [1.165, 1.54) is 10.9 Å². The Morgan fingerprint density at radius 2 is 1.80 bits per heavy atom. The Morgan fingerprint density at radius 1 is 1.12 bits per heavy atom. The van der Waals surface area contributed by atoms with Crippen molar-refractivity contribution in [1.82, 2.24) is 19.4 Å². The summed E-state index contributed by atoms with van der Waals surface area (Å²) in [7, 11) is 0. The van der Waals surface area contributed by atoms with E-state index >= 15 is 0 Å². The zero-order valence-electron chi connectivity index (χ0n) is 14.3. The minimum absolute atomic E-state index is 0.0715. The van der Waals surface area contributed by atoms with Gasteiger partial charge in [-0.2, -0.15) is 0 Å². The quantitative estimate of drug-likeness (QED) is 0.775.